The molecule has 0 spiro atoms. The van der Waals surface area contributed by atoms with E-state index in [2.05, 4.69) is 38.7 Å². The first kappa shape index (κ1) is 12.1. The lowest BCUT2D eigenvalue weighted by molar-refractivity contribution is 0.170. The molecular weight excluding hydrogens is 306 g/mol. The van der Waals surface area contributed by atoms with Gasteiger partial charge in [-0.25, -0.2) is 0 Å². The Morgan fingerprint density at radius 1 is 1.47 bits per heavy atom. The van der Waals surface area contributed by atoms with E-state index < -0.39 is 0 Å². The maximum absolute atomic E-state index is 5.48. The third kappa shape index (κ3) is 3.07. The summed E-state index contributed by atoms with van der Waals surface area (Å²) in [6.45, 7) is 1.10. The number of fused-ring (bicyclic) bond motifs is 1. The van der Waals surface area contributed by atoms with Gasteiger partial charge in [-0.15, -0.1) is 0 Å². The minimum absolute atomic E-state index is 0.123. The molecule has 17 heavy (non-hydrogen) atoms. The molecule has 2 rings (SSSR count). The van der Waals surface area contributed by atoms with Gasteiger partial charge >= 0.3 is 0 Å². The van der Waals surface area contributed by atoms with E-state index in [1.165, 1.54) is 0 Å². The van der Waals surface area contributed by atoms with Gasteiger partial charge in [0, 0.05) is 0 Å². The van der Waals surface area contributed by atoms with Gasteiger partial charge in [-0.05, 0) is 45.8 Å². The van der Waals surface area contributed by atoms with Crippen molar-refractivity contribution in [2.75, 3.05) is 13.2 Å². The zero-order chi connectivity index (χ0) is 12.3. The summed E-state index contributed by atoms with van der Waals surface area (Å²) in [5.74, 6) is 1.41. The average molecular weight is 316 g/mol. The first-order chi connectivity index (χ1) is 8.16. The summed E-state index contributed by atoms with van der Waals surface area (Å²) in [7, 11) is 0. The zero-order valence-corrected chi connectivity index (χ0v) is 11.2. The van der Waals surface area contributed by atoms with E-state index in [-0.39, 0.29) is 5.11 Å². The van der Waals surface area contributed by atoms with Gasteiger partial charge in [-0.1, -0.05) is 0 Å². The number of nitrogens with two attached hydrogens (primary N) is 1. The van der Waals surface area contributed by atoms with Crippen molar-refractivity contribution < 1.29 is 9.47 Å². The Bertz CT molecular complexity index is 479. The van der Waals surface area contributed by atoms with Crippen molar-refractivity contribution in [1.82, 2.24) is 5.43 Å². The lowest BCUT2D eigenvalue weighted by Crippen LogP contribution is -2.24. The van der Waals surface area contributed by atoms with Gasteiger partial charge in [-0.3, -0.25) is 5.43 Å². The van der Waals surface area contributed by atoms with E-state index >= 15 is 0 Å². The molecule has 5 nitrogen and oxygen atoms in total. The number of rotatable bonds is 2. The second-order valence-electron chi connectivity index (χ2n) is 3.26. The van der Waals surface area contributed by atoms with E-state index in [1.54, 1.807) is 6.21 Å². The van der Waals surface area contributed by atoms with Crippen LogP contribution in [0.15, 0.2) is 21.7 Å². The SMILES string of the molecule is NC(=S)NN=Cc1cc(Br)c2c(c1)OCCO2. The summed E-state index contributed by atoms with van der Waals surface area (Å²) in [6, 6.07) is 3.71. The van der Waals surface area contributed by atoms with Crippen LogP contribution in [-0.4, -0.2) is 24.5 Å². The second-order valence-corrected chi connectivity index (χ2v) is 4.56. The Morgan fingerprint density at radius 2 is 2.24 bits per heavy atom. The van der Waals surface area contributed by atoms with Gasteiger partial charge < -0.3 is 15.2 Å². The number of hydrogen-bond donors (Lipinski definition) is 2. The molecule has 1 heterocycles. The fourth-order valence-electron chi connectivity index (χ4n) is 1.38. The van der Waals surface area contributed by atoms with Crippen LogP contribution in [0.2, 0.25) is 0 Å². The molecular formula is C10H10BrN3O2S. The molecule has 0 amide bonds. The number of halogens is 1. The molecule has 0 bridgehead atoms. The summed E-state index contributed by atoms with van der Waals surface area (Å²) < 4.78 is 11.8. The highest BCUT2D eigenvalue weighted by Crippen LogP contribution is 2.38. The highest BCUT2D eigenvalue weighted by atomic mass is 79.9. The Balaban J connectivity index is 2.22. The summed E-state index contributed by atoms with van der Waals surface area (Å²) in [6.07, 6.45) is 1.60. The minimum atomic E-state index is 0.123. The summed E-state index contributed by atoms with van der Waals surface area (Å²) in [4.78, 5) is 0. The van der Waals surface area contributed by atoms with Crippen molar-refractivity contribution in [3.05, 3.63) is 22.2 Å². The molecule has 3 N–H and O–H groups in total. The number of nitrogens with one attached hydrogen (secondary N) is 1. The number of ether oxygens (including phenoxy) is 2. The predicted octanol–water partition coefficient (Wildman–Crippen LogP) is 1.39. The van der Waals surface area contributed by atoms with Crippen LogP contribution in [-0.2, 0) is 0 Å². The van der Waals surface area contributed by atoms with Gasteiger partial charge in [0.1, 0.15) is 13.2 Å². The molecule has 0 fully saturated rings. The fourth-order valence-corrected chi connectivity index (χ4v) is 2.00. The minimum Gasteiger partial charge on any atom is -0.486 e. The number of benzene rings is 1. The van der Waals surface area contributed by atoms with E-state index in [4.69, 9.17) is 15.2 Å². The standard InChI is InChI=1S/C10H10BrN3O2S/c11-7-3-6(5-13-14-10(12)17)4-8-9(7)16-2-1-15-8/h3-5H,1-2H2,(H3,12,14,17). The first-order valence-corrected chi connectivity index (χ1v) is 6.04. The highest BCUT2D eigenvalue weighted by molar-refractivity contribution is 9.10. The van der Waals surface area contributed by atoms with E-state index in [9.17, 15) is 0 Å². The predicted molar refractivity (Wildman–Crippen MR) is 72.6 cm³/mol. The summed E-state index contributed by atoms with van der Waals surface area (Å²) in [5.41, 5.74) is 8.59. The van der Waals surface area contributed by atoms with Gasteiger partial charge in [-0.2, -0.15) is 5.10 Å². The Labute approximate surface area is 112 Å². The maximum atomic E-state index is 5.48. The van der Waals surface area contributed by atoms with E-state index in [0.29, 0.717) is 19.0 Å². The molecule has 1 aliphatic rings. The molecule has 0 atom stereocenters. The average Bonchev–Trinajstić information content (AvgIpc) is 2.28. The fraction of sp³-hybridized carbons (Fsp3) is 0.200. The van der Waals surface area contributed by atoms with Gasteiger partial charge in [0.05, 0.1) is 10.7 Å². The molecule has 0 aromatic heterocycles. The molecule has 1 aromatic carbocycles. The van der Waals surface area contributed by atoms with Gasteiger partial charge in [0.25, 0.3) is 0 Å². The zero-order valence-electron chi connectivity index (χ0n) is 8.77. The molecule has 90 valence electrons. The molecule has 1 aromatic rings. The van der Waals surface area contributed by atoms with Crippen LogP contribution in [0.1, 0.15) is 5.56 Å². The van der Waals surface area contributed by atoms with Crippen molar-refractivity contribution in [1.29, 1.82) is 0 Å². The third-order valence-corrected chi connectivity index (χ3v) is 2.69. The molecule has 0 radical (unpaired) electrons. The lowest BCUT2D eigenvalue weighted by Gasteiger charge is -2.19. The molecule has 0 unspecified atom stereocenters. The van der Waals surface area contributed by atoms with Gasteiger partial charge in [0.15, 0.2) is 16.6 Å². The Kier molecular flexibility index (Phi) is 3.80. The monoisotopic (exact) mass is 315 g/mol. The Hall–Kier alpha value is -1.34. The van der Waals surface area contributed by atoms with Crippen LogP contribution < -0.4 is 20.6 Å². The third-order valence-electron chi connectivity index (χ3n) is 2.01. The second kappa shape index (κ2) is 5.33. The molecule has 0 saturated carbocycles. The number of nitrogens with zero attached hydrogens (tertiary/aromatic N) is 1. The number of hydrazone groups is 1. The lowest BCUT2D eigenvalue weighted by atomic mass is 10.2. The molecule has 7 heteroatoms. The van der Waals surface area contributed by atoms with E-state index in [1.807, 2.05) is 12.1 Å². The number of hydrogen-bond acceptors (Lipinski definition) is 4. The van der Waals surface area contributed by atoms with Crippen LogP contribution >= 0.6 is 28.1 Å². The van der Waals surface area contributed by atoms with Crippen LogP contribution in [0.4, 0.5) is 0 Å². The van der Waals surface area contributed by atoms with Crippen LogP contribution in [0.3, 0.4) is 0 Å². The maximum Gasteiger partial charge on any atom is 0.184 e. The van der Waals surface area contributed by atoms with E-state index in [0.717, 1.165) is 15.8 Å². The van der Waals surface area contributed by atoms with Crippen LogP contribution in [0.5, 0.6) is 11.5 Å². The van der Waals surface area contributed by atoms with Crippen LogP contribution in [0.25, 0.3) is 0 Å². The van der Waals surface area contributed by atoms with Crippen molar-refractivity contribution in [2.45, 2.75) is 0 Å². The highest BCUT2D eigenvalue weighted by Gasteiger charge is 2.15. The largest absolute Gasteiger partial charge is 0.486 e. The summed E-state index contributed by atoms with van der Waals surface area (Å²) >= 11 is 8.05. The van der Waals surface area contributed by atoms with Gasteiger partial charge in [0.2, 0.25) is 0 Å². The Morgan fingerprint density at radius 3 is 3.00 bits per heavy atom. The smallest absolute Gasteiger partial charge is 0.184 e. The van der Waals surface area contributed by atoms with Crippen molar-refractivity contribution in [3.8, 4) is 11.5 Å². The molecule has 0 aliphatic carbocycles. The normalized spacial score (nSPS) is 13.7. The summed E-state index contributed by atoms with van der Waals surface area (Å²) in [5, 5.41) is 4.00. The molecule has 0 saturated heterocycles. The molecule has 1 aliphatic heterocycles. The van der Waals surface area contributed by atoms with Crippen molar-refractivity contribution in [3.63, 3.8) is 0 Å². The quantitative estimate of drug-likeness (QED) is 0.490. The van der Waals surface area contributed by atoms with Crippen LogP contribution in [0, 0.1) is 0 Å². The van der Waals surface area contributed by atoms with Crippen molar-refractivity contribution in [2.24, 2.45) is 10.8 Å². The number of thiocarbonyl (C=S) groups is 1. The topological polar surface area (TPSA) is 68.9 Å². The first-order valence-electron chi connectivity index (χ1n) is 4.84. The van der Waals surface area contributed by atoms with Crippen molar-refractivity contribution >= 4 is 39.5 Å².